The molecule has 2 heterocycles. The number of anilines is 1. The van der Waals surface area contributed by atoms with Crippen molar-refractivity contribution >= 4 is 38.6 Å². The number of nitrogens with one attached hydrogen (secondary N) is 1. The van der Waals surface area contributed by atoms with E-state index >= 15 is 0 Å². The molecule has 28 heavy (non-hydrogen) atoms. The van der Waals surface area contributed by atoms with Crippen LogP contribution in [0.15, 0.2) is 59.1 Å². The van der Waals surface area contributed by atoms with Crippen LogP contribution in [0.2, 0.25) is 0 Å². The number of hydrogen-bond acceptors (Lipinski definition) is 3. The van der Waals surface area contributed by atoms with Gasteiger partial charge in [0.2, 0.25) is 0 Å². The second-order valence-electron chi connectivity index (χ2n) is 6.42. The predicted molar refractivity (Wildman–Crippen MR) is 110 cm³/mol. The lowest BCUT2D eigenvalue weighted by atomic mass is 10.1. The number of hydrogen-bond donors (Lipinski definition) is 1. The van der Waals surface area contributed by atoms with E-state index in [1.165, 1.54) is 12.1 Å². The zero-order chi connectivity index (χ0) is 19.8. The number of carbonyl (C=O) groups excluding carboxylic acids is 1. The lowest BCUT2D eigenvalue weighted by molar-refractivity contribution is 0.102. The van der Waals surface area contributed by atoms with Gasteiger partial charge in [0, 0.05) is 10.2 Å². The number of para-hydroxylation sites is 1. The average molecular weight is 439 g/mol. The molecule has 0 saturated carbocycles. The minimum atomic E-state index is -0.513. The van der Waals surface area contributed by atoms with Gasteiger partial charge < -0.3 is 5.32 Å². The molecule has 2 aromatic heterocycles. The molecule has 1 N–H and O–H groups in total. The van der Waals surface area contributed by atoms with Crippen LogP contribution in [0.5, 0.6) is 0 Å². The number of rotatable bonds is 3. The summed E-state index contributed by atoms with van der Waals surface area (Å²) in [4.78, 5) is 17.6. The number of benzene rings is 2. The number of carbonyl (C=O) groups is 1. The highest BCUT2D eigenvalue weighted by molar-refractivity contribution is 9.10. The molecule has 0 radical (unpaired) electrons. The maximum absolute atomic E-state index is 14.2. The first-order chi connectivity index (χ1) is 13.4. The third kappa shape index (κ3) is 3.29. The molecule has 0 saturated heterocycles. The Kier molecular flexibility index (Phi) is 4.68. The Morgan fingerprint density at radius 3 is 2.57 bits per heavy atom. The smallest absolute Gasteiger partial charge is 0.256 e. The highest BCUT2D eigenvalue weighted by atomic mass is 79.9. The van der Waals surface area contributed by atoms with Crippen molar-refractivity contribution in [3.8, 4) is 5.69 Å². The molecule has 4 rings (SSSR count). The first-order valence-electron chi connectivity index (χ1n) is 8.63. The van der Waals surface area contributed by atoms with E-state index in [9.17, 15) is 9.18 Å². The molecule has 5 nitrogen and oxygen atoms in total. The van der Waals surface area contributed by atoms with Gasteiger partial charge in [-0.2, -0.15) is 5.10 Å². The number of aromatic nitrogens is 3. The van der Waals surface area contributed by atoms with Crippen molar-refractivity contribution in [2.45, 2.75) is 13.8 Å². The van der Waals surface area contributed by atoms with Gasteiger partial charge in [0.05, 0.1) is 28.0 Å². The molecule has 0 spiro atoms. The van der Waals surface area contributed by atoms with Crippen LogP contribution < -0.4 is 5.32 Å². The fourth-order valence-corrected chi connectivity index (χ4v) is 3.46. The molecule has 2 aromatic carbocycles. The number of fused-ring (bicyclic) bond motifs is 1. The molecule has 0 aliphatic carbocycles. The van der Waals surface area contributed by atoms with E-state index in [4.69, 9.17) is 0 Å². The van der Waals surface area contributed by atoms with Gasteiger partial charge in [0.25, 0.3) is 5.91 Å². The van der Waals surface area contributed by atoms with Crippen LogP contribution in [0.1, 0.15) is 21.7 Å². The first-order valence-corrected chi connectivity index (χ1v) is 9.42. The molecule has 4 aromatic rings. The van der Waals surface area contributed by atoms with Gasteiger partial charge in [0.1, 0.15) is 5.82 Å². The summed E-state index contributed by atoms with van der Waals surface area (Å²) in [6.07, 6.45) is 0. The molecule has 1 amide bonds. The van der Waals surface area contributed by atoms with Crippen LogP contribution in [-0.2, 0) is 0 Å². The lowest BCUT2D eigenvalue weighted by Gasteiger charge is -2.09. The number of amides is 1. The number of nitrogens with zero attached hydrogens (tertiary/aromatic N) is 3. The summed E-state index contributed by atoms with van der Waals surface area (Å²) in [5.41, 5.74) is 3.31. The maximum Gasteiger partial charge on any atom is 0.256 e. The van der Waals surface area contributed by atoms with Crippen LogP contribution >= 0.6 is 15.9 Å². The summed E-state index contributed by atoms with van der Waals surface area (Å²) in [6.45, 7) is 3.64. The Bertz CT molecular complexity index is 1200. The second-order valence-corrected chi connectivity index (χ2v) is 7.34. The van der Waals surface area contributed by atoms with E-state index in [1.807, 2.05) is 44.2 Å². The quantitative estimate of drug-likeness (QED) is 0.478. The van der Waals surface area contributed by atoms with Crippen molar-refractivity contribution < 1.29 is 9.18 Å². The van der Waals surface area contributed by atoms with Crippen LogP contribution in [0, 0.1) is 19.7 Å². The van der Waals surface area contributed by atoms with Crippen molar-refractivity contribution in [2.24, 2.45) is 0 Å². The van der Waals surface area contributed by atoms with Crippen molar-refractivity contribution in [1.82, 2.24) is 14.8 Å². The van der Waals surface area contributed by atoms with Crippen LogP contribution in [0.4, 0.5) is 10.1 Å². The Balaban J connectivity index is 1.83. The Labute approximate surface area is 169 Å². The van der Waals surface area contributed by atoms with Gasteiger partial charge in [-0.25, -0.2) is 14.1 Å². The third-order valence-electron chi connectivity index (χ3n) is 4.37. The van der Waals surface area contributed by atoms with Crippen molar-refractivity contribution in [2.75, 3.05) is 5.32 Å². The average Bonchev–Trinajstić information content (AvgIpc) is 3.00. The van der Waals surface area contributed by atoms with Crippen LogP contribution in [-0.4, -0.2) is 20.7 Å². The summed E-state index contributed by atoms with van der Waals surface area (Å²) in [6, 6.07) is 15.8. The normalized spacial score (nSPS) is 11.0. The lowest BCUT2D eigenvalue weighted by Crippen LogP contribution is -2.14. The standard InChI is InChI=1S/C21H16BrFN4O/c1-12-10-16(21(28)25-18-9-8-14(22)11-17(18)23)19-13(2)26-27(20(19)24-12)15-6-4-3-5-7-15/h3-11H,1-2H3,(H,25,28). The topological polar surface area (TPSA) is 59.8 Å². The van der Waals surface area contributed by atoms with Gasteiger partial charge >= 0.3 is 0 Å². The second kappa shape index (κ2) is 7.16. The van der Waals surface area contributed by atoms with Crippen molar-refractivity contribution in [1.29, 1.82) is 0 Å². The summed E-state index contributed by atoms with van der Waals surface area (Å²) >= 11 is 3.21. The van der Waals surface area contributed by atoms with E-state index in [0.717, 1.165) is 5.69 Å². The maximum atomic E-state index is 14.2. The molecule has 0 atom stereocenters. The molecular weight excluding hydrogens is 423 g/mol. The van der Waals surface area contributed by atoms with Gasteiger partial charge in [-0.05, 0) is 50.2 Å². The van der Waals surface area contributed by atoms with E-state index in [1.54, 1.807) is 16.8 Å². The summed E-state index contributed by atoms with van der Waals surface area (Å²) < 4.78 is 16.5. The number of aryl methyl sites for hydroxylation is 2. The Morgan fingerprint density at radius 1 is 1.11 bits per heavy atom. The monoisotopic (exact) mass is 438 g/mol. The highest BCUT2D eigenvalue weighted by Crippen LogP contribution is 2.26. The van der Waals surface area contributed by atoms with E-state index in [-0.39, 0.29) is 5.69 Å². The predicted octanol–water partition coefficient (Wildman–Crippen LogP) is 5.19. The summed E-state index contributed by atoms with van der Waals surface area (Å²) in [5.74, 6) is -0.922. The molecule has 0 fully saturated rings. The molecule has 140 valence electrons. The summed E-state index contributed by atoms with van der Waals surface area (Å²) in [5, 5.41) is 7.87. The molecular formula is C21H16BrFN4O. The Hall–Kier alpha value is -3.06. The van der Waals surface area contributed by atoms with Crippen molar-refractivity contribution in [3.05, 3.63) is 81.8 Å². The number of halogens is 2. The van der Waals surface area contributed by atoms with Crippen LogP contribution in [0.25, 0.3) is 16.7 Å². The van der Waals surface area contributed by atoms with E-state index in [2.05, 4.69) is 31.3 Å². The first kappa shape index (κ1) is 18.3. The Morgan fingerprint density at radius 2 is 1.86 bits per heavy atom. The zero-order valence-corrected chi connectivity index (χ0v) is 16.8. The molecule has 0 unspecified atom stereocenters. The van der Waals surface area contributed by atoms with Gasteiger partial charge in [-0.3, -0.25) is 4.79 Å². The molecule has 0 bridgehead atoms. The fraction of sp³-hybridized carbons (Fsp3) is 0.0952. The number of pyridine rings is 1. The third-order valence-corrected chi connectivity index (χ3v) is 4.86. The zero-order valence-electron chi connectivity index (χ0n) is 15.2. The highest BCUT2D eigenvalue weighted by Gasteiger charge is 2.20. The largest absolute Gasteiger partial charge is 0.319 e. The SMILES string of the molecule is Cc1cc(C(=O)Nc2ccc(Br)cc2F)c2c(C)nn(-c3ccccc3)c2n1. The van der Waals surface area contributed by atoms with Gasteiger partial charge in [0.15, 0.2) is 5.65 Å². The van der Waals surface area contributed by atoms with Gasteiger partial charge in [-0.1, -0.05) is 34.1 Å². The molecule has 7 heteroatoms. The fourth-order valence-electron chi connectivity index (χ4n) is 3.12. The molecule has 0 aliphatic heterocycles. The van der Waals surface area contributed by atoms with Crippen LogP contribution in [0.3, 0.4) is 0 Å². The molecule has 0 aliphatic rings. The summed E-state index contributed by atoms with van der Waals surface area (Å²) in [7, 11) is 0. The minimum Gasteiger partial charge on any atom is -0.319 e. The van der Waals surface area contributed by atoms with E-state index < -0.39 is 11.7 Å². The van der Waals surface area contributed by atoms with Gasteiger partial charge in [-0.15, -0.1) is 0 Å². The minimum absolute atomic E-state index is 0.115. The van der Waals surface area contributed by atoms with E-state index in [0.29, 0.717) is 32.5 Å². The van der Waals surface area contributed by atoms with Crippen molar-refractivity contribution in [3.63, 3.8) is 0 Å².